The lowest BCUT2D eigenvalue weighted by molar-refractivity contribution is 1.25. The second kappa shape index (κ2) is 5.16. The Balaban J connectivity index is 2.41. The van der Waals surface area contributed by atoms with Gasteiger partial charge in [-0.05, 0) is 24.3 Å². The molecule has 2 rings (SSSR count). The molecular formula is C13H7N3S. The predicted octanol–water partition coefficient (Wildman–Crippen LogP) is 2.98. The average molecular weight is 237 g/mol. The number of hydrogen-bond acceptors (Lipinski definition) is 4. The molecule has 0 unspecified atom stereocenters. The van der Waals surface area contributed by atoms with Crippen LogP contribution in [0.25, 0.3) is 0 Å². The van der Waals surface area contributed by atoms with Gasteiger partial charge in [0, 0.05) is 22.2 Å². The lowest BCUT2D eigenvalue weighted by atomic mass is 10.1. The van der Waals surface area contributed by atoms with E-state index >= 15 is 0 Å². The minimum atomic E-state index is 0.409. The minimum Gasteiger partial charge on any atom is -0.265 e. The van der Waals surface area contributed by atoms with Crippen molar-refractivity contribution in [2.24, 2.45) is 0 Å². The molecule has 4 heteroatoms. The van der Waals surface area contributed by atoms with Crippen molar-refractivity contribution in [1.29, 1.82) is 10.5 Å². The molecule has 1 heterocycles. The quantitative estimate of drug-likeness (QED) is 0.805. The van der Waals surface area contributed by atoms with Gasteiger partial charge in [0.05, 0.1) is 11.1 Å². The van der Waals surface area contributed by atoms with E-state index in [0.29, 0.717) is 11.1 Å². The van der Waals surface area contributed by atoms with Gasteiger partial charge in [-0.3, -0.25) is 4.98 Å². The van der Waals surface area contributed by atoms with Crippen molar-refractivity contribution < 1.29 is 0 Å². The maximum absolute atomic E-state index is 9.08. The van der Waals surface area contributed by atoms with Gasteiger partial charge in [-0.1, -0.05) is 17.8 Å². The van der Waals surface area contributed by atoms with Crippen LogP contribution in [0.4, 0.5) is 0 Å². The maximum atomic E-state index is 9.08. The van der Waals surface area contributed by atoms with Gasteiger partial charge in [-0.25, -0.2) is 0 Å². The summed E-state index contributed by atoms with van der Waals surface area (Å²) in [6.07, 6.45) is 3.39. The van der Waals surface area contributed by atoms with Crippen LogP contribution in [0.2, 0.25) is 0 Å². The van der Waals surface area contributed by atoms with Crippen molar-refractivity contribution in [1.82, 2.24) is 4.98 Å². The standard InChI is InChI=1S/C13H7N3S/c14-8-10-2-1-3-13(12(10)9-15)17-11-4-6-16-7-5-11/h1-7H. The molecule has 0 atom stereocenters. The van der Waals surface area contributed by atoms with E-state index in [1.54, 1.807) is 24.5 Å². The molecule has 80 valence electrons. The van der Waals surface area contributed by atoms with Gasteiger partial charge in [0.1, 0.15) is 12.1 Å². The summed E-state index contributed by atoms with van der Waals surface area (Å²) in [4.78, 5) is 5.71. The van der Waals surface area contributed by atoms with Gasteiger partial charge >= 0.3 is 0 Å². The monoisotopic (exact) mass is 237 g/mol. The summed E-state index contributed by atoms with van der Waals surface area (Å²) in [5.41, 5.74) is 0.836. The first-order chi connectivity index (χ1) is 8.35. The highest BCUT2D eigenvalue weighted by Crippen LogP contribution is 2.30. The molecule has 17 heavy (non-hydrogen) atoms. The van der Waals surface area contributed by atoms with Gasteiger partial charge < -0.3 is 0 Å². The molecule has 0 amide bonds. The van der Waals surface area contributed by atoms with Crippen molar-refractivity contribution >= 4 is 11.8 Å². The Hall–Kier alpha value is -2.30. The Kier molecular flexibility index (Phi) is 3.40. The fourth-order valence-electron chi connectivity index (χ4n) is 1.36. The van der Waals surface area contributed by atoms with Crippen LogP contribution in [0.5, 0.6) is 0 Å². The lowest BCUT2D eigenvalue weighted by Gasteiger charge is -2.04. The Morgan fingerprint density at radius 3 is 2.41 bits per heavy atom. The fourth-order valence-corrected chi connectivity index (χ4v) is 2.27. The molecule has 2 aromatic rings. The molecule has 0 fully saturated rings. The number of benzene rings is 1. The Labute approximate surface area is 103 Å². The smallest absolute Gasteiger partial charge is 0.102 e. The summed E-state index contributed by atoms with van der Waals surface area (Å²) in [6.45, 7) is 0. The highest BCUT2D eigenvalue weighted by atomic mass is 32.2. The zero-order valence-electron chi connectivity index (χ0n) is 8.79. The molecule has 0 radical (unpaired) electrons. The van der Waals surface area contributed by atoms with Gasteiger partial charge in [-0.15, -0.1) is 0 Å². The first-order valence-corrected chi connectivity index (χ1v) is 5.68. The SMILES string of the molecule is N#Cc1cccc(Sc2ccncc2)c1C#N. The molecule has 0 N–H and O–H groups in total. The number of nitrogens with zero attached hydrogens (tertiary/aromatic N) is 3. The van der Waals surface area contributed by atoms with Crippen LogP contribution >= 0.6 is 11.8 Å². The van der Waals surface area contributed by atoms with E-state index in [0.717, 1.165) is 9.79 Å². The van der Waals surface area contributed by atoms with E-state index < -0.39 is 0 Å². The molecule has 0 aliphatic heterocycles. The van der Waals surface area contributed by atoms with Crippen LogP contribution in [0.3, 0.4) is 0 Å². The normalized spacial score (nSPS) is 9.29. The number of nitriles is 2. The van der Waals surface area contributed by atoms with Crippen LogP contribution in [-0.2, 0) is 0 Å². The summed E-state index contributed by atoms with van der Waals surface area (Å²) in [7, 11) is 0. The van der Waals surface area contributed by atoms with E-state index in [1.165, 1.54) is 11.8 Å². The summed E-state index contributed by atoms with van der Waals surface area (Å²) >= 11 is 1.45. The number of pyridine rings is 1. The van der Waals surface area contributed by atoms with Crippen molar-refractivity contribution in [2.45, 2.75) is 9.79 Å². The topological polar surface area (TPSA) is 60.5 Å². The average Bonchev–Trinajstić information content (AvgIpc) is 2.39. The molecule has 0 saturated heterocycles. The van der Waals surface area contributed by atoms with E-state index in [4.69, 9.17) is 10.5 Å². The summed E-state index contributed by atoms with van der Waals surface area (Å²) in [5.74, 6) is 0. The third-order valence-electron chi connectivity index (χ3n) is 2.14. The third-order valence-corrected chi connectivity index (χ3v) is 3.20. The highest BCUT2D eigenvalue weighted by molar-refractivity contribution is 7.99. The van der Waals surface area contributed by atoms with E-state index in [2.05, 4.69) is 11.1 Å². The van der Waals surface area contributed by atoms with Crippen LogP contribution in [0.15, 0.2) is 52.5 Å². The number of rotatable bonds is 2. The minimum absolute atomic E-state index is 0.409. The van der Waals surface area contributed by atoms with Crippen molar-refractivity contribution in [3.8, 4) is 12.1 Å². The Morgan fingerprint density at radius 2 is 1.76 bits per heavy atom. The highest BCUT2D eigenvalue weighted by Gasteiger charge is 2.08. The molecule has 0 aliphatic carbocycles. The zero-order chi connectivity index (χ0) is 12.1. The lowest BCUT2D eigenvalue weighted by Crippen LogP contribution is -1.87. The van der Waals surface area contributed by atoms with E-state index in [9.17, 15) is 0 Å². The van der Waals surface area contributed by atoms with Crippen LogP contribution in [0, 0.1) is 22.7 Å². The van der Waals surface area contributed by atoms with E-state index in [-0.39, 0.29) is 0 Å². The van der Waals surface area contributed by atoms with Crippen LogP contribution < -0.4 is 0 Å². The zero-order valence-corrected chi connectivity index (χ0v) is 9.61. The van der Waals surface area contributed by atoms with Crippen LogP contribution in [-0.4, -0.2) is 4.98 Å². The molecule has 1 aromatic heterocycles. The van der Waals surface area contributed by atoms with Gasteiger partial charge in [0.2, 0.25) is 0 Å². The molecule has 3 nitrogen and oxygen atoms in total. The summed E-state index contributed by atoms with van der Waals surface area (Å²) < 4.78 is 0. The molecule has 0 aliphatic rings. The Bertz CT molecular complexity index is 609. The Morgan fingerprint density at radius 1 is 1.00 bits per heavy atom. The van der Waals surface area contributed by atoms with Crippen molar-refractivity contribution in [3.05, 3.63) is 53.9 Å². The second-order valence-corrected chi connectivity index (χ2v) is 4.30. The number of hydrogen-bond donors (Lipinski definition) is 0. The molecule has 0 saturated carbocycles. The molecular weight excluding hydrogens is 230 g/mol. The van der Waals surface area contributed by atoms with Crippen molar-refractivity contribution in [2.75, 3.05) is 0 Å². The summed E-state index contributed by atoms with van der Waals surface area (Å²) in [5, 5.41) is 18.0. The predicted molar refractivity (Wildman–Crippen MR) is 64.2 cm³/mol. The fraction of sp³-hybridized carbons (Fsp3) is 0. The first kappa shape index (κ1) is 11.2. The molecule has 1 aromatic carbocycles. The maximum Gasteiger partial charge on any atom is 0.102 e. The molecule has 0 bridgehead atoms. The van der Waals surface area contributed by atoms with Gasteiger partial charge in [-0.2, -0.15) is 10.5 Å². The van der Waals surface area contributed by atoms with Gasteiger partial charge in [0.15, 0.2) is 0 Å². The number of aromatic nitrogens is 1. The van der Waals surface area contributed by atoms with Gasteiger partial charge in [0.25, 0.3) is 0 Å². The third kappa shape index (κ3) is 2.44. The second-order valence-electron chi connectivity index (χ2n) is 3.19. The summed E-state index contributed by atoms with van der Waals surface area (Å²) in [6, 6.07) is 13.1. The van der Waals surface area contributed by atoms with E-state index in [1.807, 2.05) is 24.3 Å². The molecule has 0 spiro atoms. The van der Waals surface area contributed by atoms with Crippen LogP contribution in [0.1, 0.15) is 11.1 Å². The largest absolute Gasteiger partial charge is 0.265 e. The van der Waals surface area contributed by atoms with Crippen molar-refractivity contribution in [3.63, 3.8) is 0 Å². The first-order valence-electron chi connectivity index (χ1n) is 4.86.